The van der Waals surface area contributed by atoms with Crippen LogP contribution in [0.5, 0.6) is 0 Å². The van der Waals surface area contributed by atoms with Crippen molar-refractivity contribution < 1.29 is 9.47 Å². The first-order valence-corrected chi connectivity index (χ1v) is 6.56. The molecule has 7 nitrogen and oxygen atoms in total. The number of benzene rings is 1. The van der Waals surface area contributed by atoms with Gasteiger partial charge in [-0.2, -0.15) is 0 Å². The molecule has 0 spiro atoms. The molecule has 106 valence electrons. The molecule has 1 saturated heterocycles. The van der Waals surface area contributed by atoms with Gasteiger partial charge in [-0.1, -0.05) is 12.1 Å². The average molecular weight is 275 g/mol. The smallest absolute Gasteiger partial charge is 0.182 e. The Balaban J connectivity index is 1.87. The number of hydrogen-bond donors (Lipinski definition) is 1. The van der Waals surface area contributed by atoms with Crippen LogP contribution >= 0.6 is 0 Å². The maximum Gasteiger partial charge on any atom is 0.182 e. The first-order chi connectivity index (χ1) is 9.75. The Kier molecular flexibility index (Phi) is 3.62. The third-order valence-electron chi connectivity index (χ3n) is 3.41. The van der Waals surface area contributed by atoms with Crippen LogP contribution in [0.4, 0.5) is 5.69 Å². The van der Waals surface area contributed by atoms with Gasteiger partial charge in [-0.3, -0.25) is 0 Å². The minimum Gasteiger partial charge on any atom is -0.398 e. The third-order valence-corrected chi connectivity index (χ3v) is 3.41. The molecule has 1 fully saturated rings. The number of anilines is 1. The van der Waals surface area contributed by atoms with Crippen molar-refractivity contribution in [3.8, 4) is 11.4 Å². The molecule has 2 N–H and O–H groups in total. The van der Waals surface area contributed by atoms with Gasteiger partial charge in [0.25, 0.3) is 0 Å². The number of ether oxygens (including phenoxy) is 2. The zero-order valence-electron chi connectivity index (χ0n) is 11.3. The van der Waals surface area contributed by atoms with Crippen molar-refractivity contribution in [1.82, 2.24) is 20.2 Å². The Bertz CT molecular complexity index is 592. The lowest BCUT2D eigenvalue weighted by molar-refractivity contribution is -0.0946. The van der Waals surface area contributed by atoms with Crippen LogP contribution < -0.4 is 5.73 Å². The summed E-state index contributed by atoms with van der Waals surface area (Å²) in [7, 11) is 0. The van der Waals surface area contributed by atoms with Crippen molar-refractivity contribution in [3.05, 3.63) is 23.8 Å². The molecule has 1 aromatic carbocycles. The van der Waals surface area contributed by atoms with Gasteiger partial charge in [0.1, 0.15) is 6.10 Å². The summed E-state index contributed by atoms with van der Waals surface area (Å²) in [6.45, 7) is 4.35. The van der Waals surface area contributed by atoms with Crippen molar-refractivity contribution in [1.29, 1.82) is 0 Å². The Morgan fingerprint density at radius 3 is 3.10 bits per heavy atom. The number of nitrogens with zero attached hydrogens (tertiary/aromatic N) is 4. The first kappa shape index (κ1) is 13.0. The van der Waals surface area contributed by atoms with E-state index >= 15 is 0 Å². The lowest BCUT2D eigenvalue weighted by Crippen LogP contribution is -2.32. The molecule has 0 bridgehead atoms. The van der Waals surface area contributed by atoms with Crippen LogP contribution in [0.3, 0.4) is 0 Å². The SMILES string of the molecule is Cc1c(N)cccc1-c1nnnn1CC1COCCO1. The normalized spacial score (nSPS) is 19.1. The van der Waals surface area contributed by atoms with Gasteiger partial charge in [0.15, 0.2) is 5.82 Å². The third kappa shape index (κ3) is 2.50. The molecule has 1 atom stereocenters. The van der Waals surface area contributed by atoms with E-state index in [1.54, 1.807) is 4.68 Å². The summed E-state index contributed by atoms with van der Waals surface area (Å²) in [6, 6.07) is 5.73. The molecule has 20 heavy (non-hydrogen) atoms. The highest BCUT2D eigenvalue weighted by atomic mass is 16.6. The predicted octanol–water partition coefficient (Wildman–Crippen LogP) is 0.646. The molecule has 2 aromatic rings. The van der Waals surface area contributed by atoms with Gasteiger partial charge in [-0.05, 0) is 29.0 Å². The fourth-order valence-corrected chi connectivity index (χ4v) is 2.25. The largest absolute Gasteiger partial charge is 0.398 e. The molecule has 1 unspecified atom stereocenters. The van der Waals surface area contributed by atoms with Crippen LogP contribution in [0.25, 0.3) is 11.4 Å². The highest BCUT2D eigenvalue weighted by molar-refractivity contribution is 5.67. The summed E-state index contributed by atoms with van der Waals surface area (Å²) < 4.78 is 12.8. The molecule has 1 aliphatic heterocycles. The second-order valence-electron chi connectivity index (χ2n) is 4.77. The van der Waals surface area contributed by atoms with E-state index in [0.29, 0.717) is 32.2 Å². The van der Waals surface area contributed by atoms with Gasteiger partial charge in [0, 0.05) is 11.3 Å². The van der Waals surface area contributed by atoms with E-state index in [0.717, 1.165) is 16.8 Å². The minimum absolute atomic E-state index is 0.0210. The number of rotatable bonds is 3. The number of nitrogens with two attached hydrogens (primary N) is 1. The maximum atomic E-state index is 5.94. The van der Waals surface area contributed by atoms with Crippen LogP contribution in [0, 0.1) is 6.92 Å². The summed E-state index contributed by atoms with van der Waals surface area (Å²) in [6.07, 6.45) is -0.0210. The average Bonchev–Trinajstić information content (AvgIpc) is 2.91. The molecule has 1 aliphatic rings. The van der Waals surface area contributed by atoms with Crippen LogP contribution in [-0.4, -0.2) is 46.1 Å². The topological polar surface area (TPSA) is 88.1 Å². The molecular weight excluding hydrogens is 258 g/mol. The highest BCUT2D eigenvalue weighted by Crippen LogP contribution is 2.25. The Morgan fingerprint density at radius 2 is 2.30 bits per heavy atom. The lowest BCUT2D eigenvalue weighted by atomic mass is 10.1. The second-order valence-corrected chi connectivity index (χ2v) is 4.77. The van der Waals surface area contributed by atoms with Gasteiger partial charge in [0.2, 0.25) is 0 Å². The maximum absolute atomic E-state index is 5.94. The van der Waals surface area contributed by atoms with Crippen molar-refractivity contribution >= 4 is 5.69 Å². The summed E-state index contributed by atoms with van der Waals surface area (Å²) >= 11 is 0. The number of hydrogen-bond acceptors (Lipinski definition) is 6. The van der Waals surface area contributed by atoms with Crippen LogP contribution in [0.2, 0.25) is 0 Å². The lowest BCUT2D eigenvalue weighted by Gasteiger charge is -2.23. The van der Waals surface area contributed by atoms with E-state index < -0.39 is 0 Å². The van der Waals surface area contributed by atoms with Gasteiger partial charge >= 0.3 is 0 Å². The van der Waals surface area contributed by atoms with E-state index in [4.69, 9.17) is 15.2 Å². The zero-order valence-corrected chi connectivity index (χ0v) is 11.3. The first-order valence-electron chi connectivity index (χ1n) is 6.56. The number of tetrazole rings is 1. The summed E-state index contributed by atoms with van der Waals surface area (Å²) in [5, 5.41) is 11.9. The van der Waals surface area contributed by atoms with Crippen LogP contribution in [0.1, 0.15) is 5.56 Å². The van der Waals surface area contributed by atoms with E-state index in [1.165, 1.54) is 0 Å². The Labute approximate surface area is 116 Å². The molecule has 2 heterocycles. The van der Waals surface area contributed by atoms with Gasteiger partial charge in [0.05, 0.1) is 26.4 Å². The van der Waals surface area contributed by atoms with Crippen LogP contribution in [0.15, 0.2) is 18.2 Å². The van der Waals surface area contributed by atoms with Gasteiger partial charge in [-0.15, -0.1) is 5.10 Å². The van der Waals surface area contributed by atoms with E-state index in [2.05, 4.69) is 15.5 Å². The fourth-order valence-electron chi connectivity index (χ4n) is 2.25. The van der Waals surface area contributed by atoms with Gasteiger partial charge in [-0.25, -0.2) is 4.68 Å². The molecular formula is C13H17N5O2. The van der Waals surface area contributed by atoms with Crippen molar-refractivity contribution in [3.63, 3.8) is 0 Å². The predicted molar refractivity (Wildman–Crippen MR) is 73.0 cm³/mol. The molecule has 7 heteroatoms. The summed E-state index contributed by atoms with van der Waals surface area (Å²) in [5.41, 5.74) is 8.58. The van der Waals surface area contributed by atoms with Crippen molar-refractivity contribution in [2.24, 2.45) is 0 Å². The monoisotopic (exact) mass is 275 g/mol. The number of aromatic nitrogens is 4. The molecule has 0 radical (unpaired) electrons. The molecule has 3 rings (SSSR count). The van der Waals surface area contributed by atoms with E-state index in [1.807, 2.05) is 25.1 Å². The number of nitrogen functional groups attached to an aromatic ring is 1. The Hall–Kier alpha value is -1.99. The standard InChI is InChI=1S/C13H17N5O2/c1-9-11(3-2-4-12(9)14)13-15-16-17-18(13)7-10-8-19-5-6-20-10/h2-4,10H,5-8,14H2,1H3. The summed E-state index contributed by atoms with van der Waals surface area (Å²) in [5.74, 6) is 0.698. The second kappa shape index (κ2) is 5.56. The van der Waals surface area contributed by atoms with Crippen molar-refractivity contribution in [2.45, 2.75) is 19.6 Å². The van der Waals surface area contributed by atoms with E-state index in [-0.39, 0.29) is 6.10 Å². The molecule has 0 aliphatic carbocycles. The Morgan fingerprint density at radius 1 is 1.40 bits per heavy atom. The van der Waals surface area contributed by atoms with E-state index in [9.17, 15) is 0 Å². The molecule has 0 amide bonds. The quantitative estimate of drug-likeness (QED) is 0.827. The highest BCUT2D eigenvalue weighted by Gasteiger charge is 2.19. The molecule has 0 saturated carbocycles. The molecule has 1 aromatic heterocycles. The minimum atomic E-state index is -0.0210. The van der Waals surface area contributed by atoms with Gasteiger partial charge < -0.3 is 15.2 Å². The van der Waals surface area contributed by atoms with Crippen LogP contribution in [-0.2, 0) is 16.0 Å². The summed E-state index contributed by atoms with van der Waals surface area (Å²) in [4.78, 5) is 0. The zero-order chi connectivity index (χ0) is 13.9. The van der Waals surface area contributed by atoms with Crippen molar-refractivity contribution in [2.75, 3.05) is 25.6 Å². The fraction of sp³-hybridized carbons (Fsp3) is 0.462.